The Balaban J connectivity index is 2.13. The third-order valence-corrected chi connectivity index (χ3v) is 4.79. The molecule has 0 saturated heterocycles. The average Bonchev–Trinajstić information content (AvgIpc) is 3.14. The van der Waals surface area contributed by atoms with Crippen molar-refractivity contribution >= 4 is 23.2 Å². The molecular formula is C19H26N8O4. The number of unbranched alkanes of at least 4 members (excludes halogenated alkanes) is 1. The molecule has 3 aromatic heterocycles. The number of aryl methyl sites for hydroxylation is 2. The van der Waals surface area contributed by atoms with E-state index in [0.717, 1.165) is 22.7 Å². The number of nitrogens with zero attached hydrogens (tertiary/aromatic N) is 6. The Kier molecular flexibility index (Phi) is 6.49. The average molecular weight is 430 g/mol. The molecule has 0 aliphatic carbocycles. The number of methoxy groups -OCH3 is 1. The Bertz CT molecular complexity index is 1230. The van der Waals surface area contributed by atoms with Gasteiger partial charge in [0.2, 0.25) is 5.82 Å². The van der Waals surface area contributed by atoms with Crippen LogP contribution in [0, 0.1) is 13.8 Å². The number of aromatic amines is 1. The molecule has 3 aromatic rings. The van der Waals surface area contributed by atoms with Crippen LogP contribution >= 0.6 is 0 Å². The molecule has 0 saturated carbocycles. The summed E-state index contributed by atoms with van der Waals surface area (Å²) in [6.45, 7) is 6.05. The SMILES string of the molecule is CCCCn1c(N)c(N(CCOC)C(=O)c2nc3nc(C)cc(C)n3n2)c(=O)[nH]c1=O. The molecule has 3 N–H and O–H groups in total. The van der Waals surface area contributed by atoms with Gasteiger partial charge in [-0.2, -0.15) is 4.98 Å². The molecule has 12 nitrogen and oxygen atoms in total. The maximum absolute atomic E-state index is 13.3. The number of anilines is 2. The van der Waals surface area contributed by atoms with E-state index in [9.17, 15) is 14.4 Å². The van der Waals surface area contributed by atoms with Gasteiger partial charge in [0.05, 0.1) is 13.2 Å². The quantitative estimate of drug-likeness (QED) is 0.516. The van der Waals surface area contributed by atoms with Gasteiger partial charge in [0.1, 0.15) is 5.82 Å². The van der Waals surface area contributed by atoms with Gasteiger partial charge < -0.3 is 10.5 Å². The molecule has 0 unspecified atom stereocenters. The number of rotatable bonds is 8. The highest BCUT2D eigenvalue weighted by Crippen LogP contribution is 2.19. The first-order valence-corrected chi connectivity index (χ1v) is 9.92. The van der Waals surface area contributed by atoms with Crippen LogP contribution in [0.2, 0.25) is 0 Å². The number of nitrogens with two attached hydrogens (primary N) is 1. The number of nitrogen functional groups attached to an aromatic ring is 1. The zero-order valence-corrected chi connectivity index (χ0v) is 18.0. The summed E-state index contributed by atoms with van der Waals surface area (Å²) in [5, 5.41) is 4.25. The van der Waals surface area contributed by atoms with E-state index in [0.29, 0.717) is 13.0 Å². The van der Waals surface area contributed by atoms with Gasteiger partial charge >= 0.3 is 5.69 Å². The number of carbonyl (C=O) groups is 1. The number of fused-ring (bicyclic) bond motifs is 1. The number of hydrogen-bond donors (Lipinski definition) is 2. The lowest BCUT2D eigenvalue weighted by atomic mass is 10.3. The lowest BCUT2D eigenvalue weighted by molar-refractivity contribution is 0.0965. The van der Waals surface area contributed by atoms with Gasteiger partial charge in [-0.15, -0.1) is 5.10 Å². The summed E-state index contributed by atoms with van der Waals surface area (Å²) >= 11 is 0. The van der Waals surface area contributed by atoms with E-state index in [-0.39, 0.29) is 36.3 Å². The minimum atomic E-state index is -0.770. The molecule has 3 rings (SSSR count). The fourth-order valence-electron chi connectivity index (χ4n) is 3.25. The number of nitrogens with one attached hydrogen (secondary N) is 1. The molecule has 0 aliphatic heterocycles. The smallest absolute Gasteiger partial charge is 0.330 e. The van der Waals surface area contributed by atoms with Gasteiger partial charge in [0.25, 0.3) is 17.2 Å². The molecule has 0 atom stereocenters. The Morgan fingerprint density at radius 3 is 2.71 bits per heavy atom. The summed E-state index contributed by atoms with van der Waals surface area (Å²) in [7, 11) is 1.47. The summed E-state index contributed by atoms with van der Waals surface area (Å²) in [5.74, 6) is -0.636. The normalized spacial score (nSPS) is 11.2. The maximum Gasteiger partial charge on any atom is 0.330 e. The second-order valence-electron chi connectivity index (χ2n) is 7.13. The molecule has 0 aliphatic rings. The molecule has 1 amide bonds. The van der Waals surface area contributed by atoms with E-state index in [1.807, 2.05) is 26.8 Å². The Morgan fingerprint density at radius 1 is 1.29 bits per heavy atom. The molecule has 3 heterocycles. The van der Waals surface area contributed by atoms with Gasteiger partial charge in [0, 0.05) is 25.0 Å². The molecule has 0 aromatic carbocycles. The largest absolute Gasteiger partial charge is 0.383 e. The van der Waals surface area contributed by atoms with Crippen LogP contribution in [0.5, 0.6) is 0 Å². The van der Waals surface area contributed by atoms with Gasteiger partial charge in [-0.05, 0) is 26.3 Å². The highest BCUT2D eigenvalue weighted by atomic mass is 16.5. The molecular weight excluding hydrogens is 404 g/mol. The molecule has 166 valence electrons. The number of H-pyrrole nitrogens is 1. The first kappa shape index (κ1) is 22.2. The predicted octanol–water partition coefficient (Wildman–Crippen LogP) is 0.267. The van der Waals surface area contributed by atoms with Gasteiger partial charge in [0.15, 0.2) is 5.69 Å². The van der Waals surface area contributed by atoms with Gasteiger partial charge in [-0.25, -0.2) is 14.3 Å². The summed E-state index contributed by atoms with van der Waals surface area (Å²) in [6.07, 6.45) is 1.50. The number of aromatic nitrogens is 6. The molecule has 0 fully saturated rings. The van der Waals surface area contributed by atoms with Crippen molar-refractivity contribution in [1.29, 1.82) is 0 Å². The first-order chi connectivity index (χ1) is 14.8. The summed E-state index contributed by atoms with van der Waals surface area (Å²) < 4.78 is 7.80. The van der Waals surface area contributed by atoms with Crippen molar-refractivity contribution in [2.45, 2.75) is 40.2 Å². The van der Waals surface area contributed by atoms with E-state index < -0.39 is 17.2 Å². The van der Waals surface area contributed by atoms with E-state index in [1.165, 1.54) is 16.2 Å². The monoisotopic (exact) mass is 430 g/mol. The van der Waals surface area contributed by atoms with Crippen LogP contribution in [0.3, 0.4) is 0 Å². The number of ether oxygens (including phenoxy) is 1. The van der Waals surface area contributed by atoms with Gasteiger partial charge in [-0.1, -0.05) is 13.3 Å². The van der Waals surface area contributed by atoms with Crippen molar-refractivity contribution in [1.82, 2.24) is 29.1 Å². The van der Waals surface area contributed by atoms with Crippen LogP contribution in [0.1, 0.15) is 41.8 Å². The van der Waals surface area contributed by atoms with Crippen molar-refractivity contribution in [2.75, 3.05) is 30.9 Å². The van der Waals surface area contributed by atoms with Gasteiger partial charge in [-0.3, -0.25) is 24.0 Å². The van der Waals surface area contributed by atoms with E-state index in [2.05, 4.69) is 20.1 Å². The van der Waals surface area contributed by atoms with Crippen LogP contribution in [-0.2, 0) is 11.3 Å². The van der Waals surface area contributed by atoms with Crippen LogP contribution in [0.4, 0.5) is 11.5 Å². The molecule has 31 heavy (non-hydrogen) atoms. The second-order valence-corrected chi connectivity index (χ2v) is 7.13. The summed E-state index contributed by atoms with van der Waals surface area (Å²) in [6, 6.07) is 1.81. The van der Waals surface area contributed by atoms with Crippen molar-refractivity contribution in [3.8, 4) is 0 Å². The van der Waals surface area contributed by atoms with Crippen molar-refractivity contribution in [3.63, 3.8) is 0 Å². The van der Waals surface area contributed by atoms with E-state index >= 15 is 0 Å². The van der Waals surface area contributed by atoms with Crippen LogP contribution in [-0.4, -0.2) is 55.3 Å². The zero-order valence-electron chi connectivity index (χ0n) is 18.0. The minimum absolute atomic E-state index is 0.00951. The molecule has 0 spiro atoms. The second kappa shape index (κ2) is 9.08. The lowest BCUT2D eigenvalue weighted by Crippen LogP contribution is -2.43. The number of carbonyl (C=O) groups excluding carboxylic acids is 1. The van der Waals surface area contributed by atoms with Crippen LogP contribution < -0.4 is 21.9 Å². The van der Waals surface area contributed by atoms with Crippen LogP contribution in [0.25, 0.3) is 5.78 Å². The highest BCUT2D eigenvalue weighted by Gasteiger charge is 2.28. The third-order valence-electron chi connectivity index (χ3n) is 4.79. The molecule has 0 bridgehead atoms. The summed E-state index contributed by atoms with van der Waals surface area (Å²) in [4.78, 5) is 50.1. The van der Waals surface area contributed by atoms with Crippen LogP contribution in [0.15, 0.2) is 15.7 Å². The Hall–Kier alpha value is -3.54. The van der Waals surface area contributed by atoms with Crippen molar-refractivity contribution in [2.24, 2.45) is 0 Å². The lowest BCUT2D eigenvalue weighted by Gasteiger charge is -2.23. The topological polar surface area (TPSA) is 153 Å². The van der Waals surface area contributed by atoms with Crippen molar-refractivity contribution < 1.29 is 9.53 Å². The molecule has 12 heteroatoms. The fraction of sp³-hybridized carbons (Fsp3) is 0.474. The molecule has 0 radical (unpaired) electrons. The number of hydrogen-bond acceptors (Lipinski definition) is 8. The highest BCUT2D eigenvalue weighted by molar-refractivity contribution is 6.05. The fourth-order valence-corrected chi connectivity index (χ4v) is 3.25. The van der Waals surface area contributed by atoms with E-state index in [1.54, 1.807) is 0 Å². The number of amides is 1. The Labute approximate surface area is 177 Å². The predicted molar refractivity (Wildman–Crippen MR) is 114 cm³/mol. The summed E-state index contributed by atoms with van der Waals surface area (Å²) in [5.41, 5.74) is 6.13. The standard InChI is InChI=1S/C19H26N8O4/c1-5-6-7-26-14(20)13(16(28)23-19(26)30)25(8-9-31-4)17(29)15-22-18-21-11(2)10-12(3)27(18)24-15/h10H,5-9,20H2,1-4H3,(H,23,28,30). The maximum atomic E-state index is 13.3. The Morgan fingerprint density at radius 2 is 2.03 bits per heavy atom. The minimum Gasteiger partial charge on any atom is -0.383 e. The van der Waals surface area contributed by atoms with E-state index in [4.69, 9.17) is 10.5 Å². The van der Waals surface area contributed by atoms with Crippen molar-refractivity contribution in [3.05, 3.63) is 44.1 Å². The first-order valence-electron chi connectivity index (χ1n) is 9.92. The zero-order chi connectivity index (χ0) is 22.7. The third kappa shape index (κ3) is 4.33.